The number of ether oxygens (including phenoxy) is 1. The number of carbonyl (C=O) groups excluding carboxylic acids is 2. The molecule has 0 spiro atoms. The van der Waals surface area contributed by atoms with Crippen LogP contribution in [-0.2, 0) is 14.3 Å². The van der Waals surface area contributed by atoms with E-state index in [0.29, 0.717) is 24.3 Å². The summed E-state index contributed by atoms with van der Waals surface area (Å²) >= 11 is 0. The van der Waals surface area contributed by atoms with Gasteiger partial charge in [0.1, 0.15) is 0 Å². The lowest BCUT2D eigenvalue weighted by Gasteiger charge is -2.43. The van der Waals surface area contributed by atoms with Gasteiger partial charge in [0.15, 0.2) is 5.78 Å². The largest absolute Gasteiger partial charge is 0.425 e. The second-order valence-corrected chi connectivity index (χ2v) is 8.08. The van der Waals surface area contributed by atoms with E-state index in [-0.39, 0.29) is 17.6 Å². The molecule has 2 bridgehead atoms. The van der Waals surface area contributed by atoms with Crippen LogP contribution in [0.3, 0.4) is 0 Å². The van der Waals surface area contributed by atoms with Crippen molar-refractivity contribution in [1.29, 1.82) is 0 Å². The van der Waals surface area contributed by atoms with Gasteiger partial charge in [-0.1, -0.05) is 31.6 Å². The molecule has 0 unspecified atom stereocenters. The summed E-state index contributed by atoms with van der Waals surface area (Å²) < 4.78 is 5.42. The molecule has 0 aromatic rings. The third-order valence-electron chi connectivity index (χ3n) is 5.80. The van der Waals surface area contributed by atoms with Crippen LogP contribution in [0, 0.1) is 11.3 Å². The predicted octanol–water partition coefficient (Wildman–Crippen LogP) is 3.61. The lowest BCUT2D eigenvalue weighted by Crippen LogP contribution is -2.42. The Labute approximate surface area is 143 Å². The Balaban J connectivity index is 2.10. The van der Waals surface area contributed by atoms with Crippen LogP contribution in [0.25, 0.3) is 0 Å². The Kier molecular flexibility index (Phi) is 4.07. The first kappa shape index (κ1) is 17.2. The third kappa shape index (κ3) is 2.77. The molecule has 0 saturated heterocycles. The molecule has 4 heteroatoms. The molecule has 0 radical (unpaired) electrons. The van der Waals surface area contributed by atoms with Crippen LogP contribution in [0.4, 0.5) is 0 Å². The van der Waals surface area contributed by atoms with Crippen molar-refractivity contribution in [2.45, 2.75) is 65.1 Å². The first-order valence-electron chi connectivity index (χ1n) is 8.70. The highest BCUT2D eigenvalue weighted by atomic mass is 16.7. The first-order chi connectivity index (χ1) is 11.1. The van der Waals surface area contributed by atoms with E-state index in [1.54, 1.807) is 13.0 Å². The average molecular weight is 330 g/mol. The standard InChI is InChI=1S/C20H26O4/c1-12-5-6-14-7-8-16-17(19(14,3)4)20(23,24-18(16)22)11-13(2)10-15(21)9-12/h10,14,23H,1,5-9,11H2,2-4H3/b13-10-/t14-,20-/m1/s1. The van der Waals surface area contributed by atoms with E-state index >= 15 is 0 Å². The third-order valence-corrected chi connectivity index (χ3v) is 5.80. The minimum Gasteiger partial charge on any atom is -0.425 e. The van der Waals surface area contributed by atoms with Crippen LogP contribution in [-0.4, -0.2) is 22.6 Å². The van der Waals surface area contributed by atoms with E-state index in [2.05, 4.69) is 20.4 Å². The lowest BCUT2D eigenvalue weighted by molar-refractivity contribution is -0.184. The highest BCUT2D eigenvalue weighted by Gasteiger charge is 2.55. The Morgan fingerprint density at radius 1 is 1.25 bits per heavy atom. The van der Waals surface area contributed by atoms with E-state index in [9.17, 15) is 14.7 Å². The van der Waals surface area contributed by atoms with Crippen LogP contribution < -0.4 is 0 Å². The molecule has 0 aromatic heterocycles. The molecule has 0 amide bonds. The molecule has 3 aliphatic rings. The first-order valence-corrected chi connectivity index (χ1v) is 8.70. The van der Waals surface area contributed by atoms with Gasteiger partial charge in [0.25, 0.3) is 0 Å². The van der Waals surface area contributed by atoms with Crippen molar-refractivity contribution in [1.82, 2.24) is 0 Å². The fraction of sp³-hybridized carbons (Fsp3) is 0.600. The summed E-state index contributed by atoms with van der Waals surface area (Å²) in [4.78, 5) is 24.4. The fourth-order valence-corrected chi connectivity index (χ4v) is 4.70. The van der Waals surface area contributed by atoms with E-state index in [0.717, 1.165) is 36.0 Å². The average Bonchev–Trinajstić information content (AvgIpc) is 2.67. The lowest BCUT2D eigenvalue weighted by atomic mass is 9.61. The summed E-state index contributed by atoms with van der Waals surface area (Å²) in [7, 11) is 0. The summed E-state index contributed by atoms with van der Waals surface area (Å²) in [5.74, 6) is -1.71. The molecule has 0 fully saturated rings. The summed E-state index contributed by atoms with van der Waals surface area (Å²) in [6, 6.07) is 0. The zero-order valence-electron chi connectivity index (χ0n) is 14.8. The second-order valence-electron chi connectivity index (χ2n) is 8.08. The zero-order chi connectivity index (χ0) is 17.7. The highest BCUT2D eigenvalue weighted by molar-refractivity contribution is 5.94. The monoisotopic (exact) mass is 330 g/mol. The maximum Gasteiger partial charge on any atom is 0.336 e. The SMILES string of the molecule is C=C1CC[C@@H]2CCC3=C(C2(C)C)[C@@](O)(C/C(C)=C\C(=O)C1)OC3=O. The number of carbonyl (C=O) groups is 2. The van der Waals surface area contributed by atoms with Gasteiger partial charge >= 0.3 is 5.97 Å². The number of hydrogen-bond donors (Lipinski definition) is 1. The van der Waals surface area contributed by atoms with E-state index in [4.69, 9.17) is 4.74 Å². The van der Waals surface area contributed by atoms with Crippen LogP contribution in [0.5, 0.6) is 0 Å². The molecule has 2 aliphatic carbocycles. The summed E-state index contributed by atoms with van der Waals surface area (Å²) in [5, 5.41) is 11.2. The van der Waals surface area contributed by atoms with Gasteiger partial charge in [-0.15, -0.1) is 0 Å². The number of hydrogen-bond acceptors (Lipinski definition) is 4. The molecule has 1 N–H and O–H groups in total. The van der Waals surface area contributed by atoms with E-state index in [1.807, 2.05) is 0 Å². The maximum atomic E-state index is 12.3. The molecular formula is C20H26O4. The van der Waals surface area contributed by atoms with Crippen LogP contribution in [0.2, 0.25) is 0 Å². The predicted molar refractivity (Wildman–Crippen MR) is 90.9 cm³/mol. The second kappa shape index (κ2) is 5.69. The minimum atomic E-state index is -1.62. The highest BCUT2D eigenvalue weighted by Crippen LogP contribution is 2.55. The molecule has 0 aromatic carbocycles. The number of allylic oxidation sites excluding steroid dienone is 2. The number of rotatable bonds is 0. The molecule has 1 aliphatic heterocycles. The van der Waals surface area contributed by atoms with Crippen LogP contribution >= 0.6 is 0 Å². The van der Waals surface area contributed by atoms with Crippen molar-refractivity contribution in [3.05, 3.63) is 34.9 Å². The van der Waals surface area contributed by atoms with Gasteiger partial charge < -0.3 is 9.84 Å². The van der Waals surface area contributed by atoms with Gasteiger partial charge in [0, 0.05) is 24.0 Å². The van der Waals surface area contributed by atoms with Crippen molar-refractivity contribution in [2.75, 3.05) is 0 Å². The van der Waals surface area contributed by atoms with Gasteiger partial charge in [0.2, 0.25) is 5.79 Å². The number of aliphatic hydroxyl groups is 1. The Morgan fingerprint density at radius 2 is 1.92 bits per heavy atom. The number of esters is 1. The van der Waals surface area contributed by atoms with Gasteiger partial charge in [0.05, 0.1) is 0 Å². The number of fused-ring (bicyclic) bond motifs is 1. The maximum absolute atomic E-state index is 12.3. The minimum absolute atomic E-state index is 0.00961. The van der Waals surface area contributed by atoms with Crippen LogP contribution in [0.1, 0.15) is 59.3 Å². The Bertz CT molecular complexity index is 680. The Morgan fingerprint density at radius 3 is 2.62 bits per heavy atom. The van der Waals surface area contributed by atoms with Gasteiger partial charge in [-0.05, 0) is 50.0 Å². The molecule has 130 valence electrons. The van der Waals surface area contributed by atoms with Crippen LogP contribution in [0.15, 0.2) is 34.9 Å². The normalized spacial score (nSPS) is 35.8. The molecule has 1 heterocycles. The molecule has 4 nitrogen and oxygen atoms in total. The topological polar surface area (TPSA) is 63.6 Å². The molecule has 0 saturated carbocycles. The summed E-state index contributed by atoms with van der Waals surface area (Å²) in [6.45, 7) is 10.0. The Hall–Kier alpha value is -1.68. The van der Waals surface area contributed by atoms with Crippen molar-refractivity contribution in [3.63, 3.8) is 0 Å². The molecule has 3 rings (SSSR count). The number of ketones is 1. The molecule has 2 atom stereocenters. The summed E-state index contributed by atoms with van der Waals surface area (Å²) in [5.41, 5.74) is 2.71. The summed E-state index contributed by atoms with van der Waals surface area (Å²) in [6.07, 6.45) is 5.28. The van der Waals surface area contributed by atoms with Gasteiger partial charge in [-0.25, -0.2) is 4.79 Å². The fourth-order valence-electron chi connectivity index (χ4n) is 4.70. The van der Waals surface area contributed by atoms with Gasteiger partial charge in [-0.2, -0.15) is 0 Å². The van der Waals surface area contributed by atoms with Crippen molar-refractivity contribution < 1.29 is 19.4 Å². The van der Waals surface area contributed by atoms with E-state index in [1.165, 1.54) is 0 Å². The smallest absolute Gasteiger partial charge is 0.336 e. The molecule has 24 heavy (non-hydrogen) atoms. The van der Waals surface area contributed by atoms with Crippen molar-refractivity contribution >= 4 is 11.8 Å². The van der Waals surface area contributed by atoms with E-state index < -0.39 is 11.8 Å². The quantitative estimate of drug-likeness (QED) is 0.544. The van der Waals surface area contributed by atoms with Crippen molar-refractivity contribution in [3.8, 4) is 0 Å². The van der Waals surface area contributed by atoms with Crippen molar-refractivity contribution in [2.24, 2.45) is 11.3 Å². The molecular weight excluding hydrogens is 304 g/mol. The zero-order valence-corrected chi connectivity index (χ0v) is 14.8. The van der Waals surface area contributed by atoms with Gasteiger partial charge in [-0.3, -0.25) is 4.79 Å².